The number of hydrogen-bond acceptors (Lipinski definition) is 3. The van der Waals surface area contributed by atoms with Crippen LogP contribution in [0.25, 0.3) is 0 Å². The summed E-state index contributed by atoms with van der Waals surface area (Å²) in [7, 11) is -3.95. The van der Waals surface area contributed by atoms with Crippen LogP contribution >= 0.6 is 0 Å². The fraction of sp³-hybridized carbons (Fsp3) is 0.455. The van der Waals surface area contributed by atoms with Gasteiger partial charge in [0.2, 0.25) is 10.0 Å². The lowest BCUT2D eigenvalue weighted by Crippen LogP contribution is -2.27. The third kappa shape index (κ3) is 3.92. The van der Waals surface area contributed by atoms with Gasteiger partial charge in [0.25, 0.3) is 0 Å². The van der Waals surface area contributed by atoms with Crippen LogP contribution in [0.1, 0.15) is 17.5 Å². The summed E-state index contributed by atoms with van der Waals surface area (Å²) in [6, 6.07) is 3.08. The summed E-state index contributed by atoms with van der Waals surface area (Å²) in [6.45, 7) is 1.53. The van der Waals surface area contributed by atoms with Gasteiger partial charge in [0.15, 0.2) is 0 Å². The van der Waals surface area contributed by atoms with Crippen molar-refractivity contribution in [2.75, 3.05) is 13.1 Å². The highest BCUT2D eigenvalue weighted by Gasteiger charge is 2.34. The number of benzene rings is 1. The highest BCUT2D eigenvalue weighted by atomic mass is 32.2. The van der Waals surface area contributed by atoms with E-state index in [4.69, 9.17) is 5.73 Å². The second kappa shape index (κ2) is 5.89. The minimum Gasteiger partial charge on any atom is -0.330 e. The molecule has 0 heterocycles. The molecule has 0 radical (unpaired) electrons. The van der Waals surface area contributed by atoms with E-state index in [1.54, 1.807) is 0 Å². The molecular weight excluding hydrogens is 281 g/mol. The summed E-state index contributed by atoms with van der Waals surface area (Å²) < 4.78 is 64.1. The van der Waals surface area contributed by atoms with Crippen molar-refractivity contribution in [1.82, 2.24) is 4.72 Å². The van der Waals surface area contributed by atoms with E-state index >= 15 is 0 Å². The van der Waals surface area contributed by atoms with Gasteiger partial charge in [-0.2, -0.15) is 13.2 Å². The zero-order chi connectivity index (χ0) is 14.7. The van der Waals surface area contributed by atoms with Crippen LogP contribution in [-0.2, 0) is 16.2 Å². The van der Waals surface area contributed by atoms with Gasteiger partial charge in [0, 0.05) is 6.54 Å². The predicted octanol–water partition coefficient (Wildman–Crippen LogP) is 1.64. The first kappa shape index (κ1) is 15.9. The van der Waals surface area contributed by atoms with Crippen LogP contribution in [0.5, 0.6) is 0 Å². The van der Waals surface area contributed by atoms with Crippen LogP contribution in [0.15, 0.2) is 23.1 Å². The first-order chi connectivity index (χ1) is 8.70. The summed E-state index contributed by atoms with van der Waals surface area (Å²) in [5.74, 6) is 0. The minimum absolute atomic E-state index is 0.0918. The fourth-order valence-electron chi connectivity index (χ4n) is 1.60. The van der Waals surface area contributed by atoms with Crippen LogP contribution < -0.4 is 10.5 Å². The Kier molecular flexibility index (Phi) is 4.94. The van der Waals surface area contributed by atoms with Crippen molar-refractivity contribution in [3.05, 3.63) is 29.3 Å². The Morgan fingerprint density at radius 1 is 1.32 bits per heavy atom. The number of halogens is 3. The summed E-state index contributed by atoms with van der Waals surface area (Å²) in [6.07, 6.45) is -4.16. The zero-order valence-corrected chi connectivity index (χ0v) is 11.1. The summed E-state index contributed by atoms with van der Waals surface area (Å²) >= 11 is 0. The van der Waals surface area contributed by atoms with Crippen LogP contribution in [0.3, 0.4) is 0 Å². The van der Waals surface area contributed by atoms with Crippen molar-refractivity contribution in [2.24, 2.45) is 5.73 Å². The van der Waals surface area contributed by atoms with Crippen LogP contribution in [0.2, 0.25) is 0 Å². The van der Waals surface area contributed by atoms with E-state index in [2.05, 4.69) is 4.72 Å². The maximum Gasteiger partial charge on any atom is 0.416 e. The molecule has 0 fully saturated rings. The molecule has 3 N–H and O–H groups in total. The molecule has 4 nitrogen and oxygen atoms in total. The molecule has 108 valence electrons. The number of rotatable bonds is 5. The number of alkyl halides is 3. The average Bonchev–Trinajstić information content (AvgIpc) is 2.27. The molecule has 0 aliphatic heterocycles. The third-order valence-corrected chi connectivity index (χ3v) is 4.16. The van der Waals surface area contributed by atoms with Gasteiger partial charge in [-0.3, -0.25) is 0 Å². The lowest BCUT2D eigenvalue weighted by molar-refractivity contribution is -0.138. The molecule has 0 atom stereocenters. The van der Waals surface area contributed by atoms with E-state index in [1.165, 1.54) is 0 Å². The van der Waals surface area contributed by atoms with Gasteiger partial charge in [-0.05, 0) is 37.6 Å². The van der Waals surface area contributed by atoms with Gasteiger partial charge in [-0.25, -0.2) is 13.1 Å². The second-order valence-corrected chi connectivity index (χ2v) is 5.70. The van der Waals surface area contributed by atoms with Gasteiger partial charge < -0.3 is 5.73 Å². The standard InChI is InChI=1S/C11H15F3N2O2S/c1-8-9(11(12,13)14)4-2-5-10(8)19(17,18)16-7-3-6-15/h2,4-5,16H,3,6-7,15H2,1H3. The lowest BCUT2D eigenvalue weighted by atomic mass is 10.1. The van der Waals surface area contributed by atoms with E-state index in [0.29, 0.717) is 13.0 Å². The Labute approximate surface area is 109 Å². The molecule has 0 saturated heterocycles. The Bertz CT molecular complexity index is 541. The van der Waals surface area contributed by atoms with Gasteiger partial charge >= 0.3 is 6.18 Å². The first-order valence-electron chi connectivity index (χ1n) is 5.56. The predicted molar refractivity (Wildman–Crippen MR) is 65.0 cm³/mol. The summed E-state index contributed by atoms with van der Waals surface area (Å²) in [4.78, 5) is -0.362. The molecule has 0 aromatic heterocycles. The largest absolute Gasteiger partial charge is 0.416 e. The van der Waals surface area contributed by atoms with Crippen molar-refractivity contribution >= 4 is 10.0 Å². The Balaban J connectivity index is 3.15. The molecule has 1 rings (SSSR count). The number of nitrogens with two attached hydrogens (primary N) is 1. The van der Waals surface area contributed by atoms with E-state index in [9.17, 15) is 21.6 Å². The zero-order valence-electron chi connectivity index (χ0n) is 10.3. The van der Waals surface area contributed by atoms with Crippen LogP contribution in [0.4, 0.5) is 13.2 Å². The molecule has 1 aromatic carbocycles. The van der Waals surface area contributed by atoms with Crippen LogP contribution in [-0.4, -0.2) is 21.5 Å². The van der Waals surface area contributed by atoms with Crippen molar-refractivity contribution in [1.29, 1.82) is 0 Å². The molecule has 0 aliphatic carbocycles. The van der Waals surface area contributed by atoms with Crippen molar-refractivity contribution in [3.8, 4) is 0 Å². The quantitative estimate of drug-likeness (QED) is 0.811. The summed E-state index contributed by atoms with van der Waals surface area (Å²) in [5, 5.41) is 0. The SMILES string of the molecule is Cc1c(C(F)(F)F)cccc1S(=O)(=O)NCCCN. The lowest BCUT2D eigenvalue weighted by Gasteiger charge is -2.14. The highest BCUT2D eigenvalue weighted by molar-refractivity contribution is 7.89. The molecule has 19 heavy (non-hydrogen) atoms. The monoisotopic (exact) mass is 296 g/mol. The third-order valence-electron chi connectivity index (χ3n) is 2.55. The van der Waals surface area contributed by atoms with Crippen molar-refractivity contribution < 1.29 is 21.6 Å². The number of hydrogen-bond donors (Lipinski definition) is 2. The Hall–Kier alpha value is -1.12. The van der Waals surface area contributed by atoms with Gasteiger partial charge in [0.1, 0.15) is 0 Å². The second-order valence-electron chi connectivity index (χ2n) is 3.97. The van der Waals surface area contributed by atoms with E-state index in [-0.39, 0.29) is 17.0 Å². The maximum atomic E-state index is 12.7. The van der Waals surface area contributed by atoms with Gasteiger partial charge in [0.05, 0.1) is 10.5 Å². The Morgan fingerprint density at radius 2 is 1.95 bits per heavy atom. The van der Waals surface area contributed by atoms with E-state index < -0.39 is 21.8 Å². The molecule has 0 saturated carbocycles. The van der Waals surface area contributed by atoms with E-state index in [1.807, 2.05) is 0 Å². The van der Waals surface area contributed by atoms with Crippen LogP contribution in [0, 0.1) is 6.92 Å². The molecule has 1 aromatic rings. The Morgan fingerprint density at radius 3 is 2.47 bits per heavy atom. The molecule has 0 spiro atoms. The van der Waals surface area contributed by atoms with Gasteiger partial charge in [-0.15, -0.1) is 0 Å². The van der Waals surface area contributed by atoms with Crippen molar-refractivity contribution in [2.45, 2.75) is 24.4 Å². The molecule has 0 amide bonds. The highest BCUT2D eigenvalue weighted by Crippen LogP contribution is 2.33. The maximum absolute atomic E-state index is 12.7. The minimum atomic E-state index is -4.58. The van der Waals surface area contributed by atoms with Crippen molar-refractivity contribution in [3.63, 3.8) is 0 Å². The fourth-order valence-corrected chi connectivity index (χ4v) is 2.94. The normalized spacial score (nSPS) is 12.7. The van der Waals surface area contributed by atoms with Gasteiger partial charge in [-0.1, -0.05) is 6.07 Å². The van der Waals surface area contributed by atoms with E-state index in [0.717, 1.165) is 25.1 Å². The molecule has 0 unspecified atom stereocenters. The number of nitrogens with one attached hydrogen (secondary N) is 1. The summed E-state index contributed by atoms with van der Waals surface area (Å²) in [5.41, 5.74) is 3.96. The number of sulfonamides is 1. The topological polar surface area (TPSA) is 72.2 Å². The average molecular weight is 296 g/mol. The molecule has 8 heteroatoms. The smallest absolute Gasteiger partial charge is 0.330 e. The molecule has 0 aliphatic rings. The molecule has 0 bridgehead atoms. The first-order valence-corrected chi connectivity index (χ1v) is 7.05. The molecular formula is C11H15F3N2O2S.